The van der Waals surface area contributed by atoms with E-state index in [1.54, 1.807) is 24.8 Å². The number of anilines is 2. The summed E-state index contributed by atoms with van der Waals surface area (Å²) in [5.41, 5.74) is 2.35. The SMILES string of the molecule is COc1ccccc1Nc1ncnc2sc3c(c12)CCC3. The molecule has 0 aliphatic heterocycles. The Hall–Kier alpha value is -2.14. The molecule has 0 saturated carbocycles. The van der Waals surface area contributed by atoms with Crippen LogP contribution in [-0.2, 0) is 12.8 Å². The van der Waals surface area contributed by atoms with Crippen LogP contribution in [0.2, 0.25) is 0 Å². The van der Waals surface area contributed by atoms with Crippen molar-refractivity contribution in [2.75, 3.05) is 12.4 Å². The lowest BCUT2D eigenvalue weighted by Crippen LogP contribution is -1.98. The number of thiophene rings is 1. The molecular weight excluding hydrogens is 282 g/mol. The van der Waals surface area contributed by atoms with Crippen molar-refractivity contribution in [3.8, 4) is 5.75 Å². The zero-order chi connectivity index (χ0) is 14.2. The Kier molecular flexibility index (Phi) is 3.00. The summed E-state index contributed by atoms with van der Waals surface area (Å²) in [6.07, 6.45) is 5.17. The van der Waals surface area contributed by atoms with Gasteiger partial charge in [0.2, 0.25) is 0 Å². The second kappa shape index (κ2) is 5.00. The summed E-state index contributed by atoms with van der Waals surface area (Å²) in [6.45, 7) is 0. The molecule has 1 aromatic carbocycles. The van der Waals surface area contributed by atoms with Crippen LogP contribution in [0.4, 0.5) is 11.5 Å². The monoisotopic (exact) mass is 297 g/mol. The highest BCUT2D eigenvalue weighted by molar-refractivity contribution is 7.19. The van der Waals surface area contributed by atoms with Gasteiger partial charge in [-0.3, -0.25) is 0 Å². The van der Waals surface area contributed by atoms with Gasteiger partial charge in [0.1, 0.15) is 22.7 Å². The van der Waals surface area contributed by atoms with Crippen LogP contribution >= 0.6 is 11.3 Å². The molecule has 0 fully saturated rings. The Bertz CT molecular complexity index is 812. The number of hydrogen-bond donors (Lipinski definition) is 1. The van der Waals surface area contributed by atoms with Crippen molar-refractivity contribution in [2.24, 2.45) is 0 Å². The van der Waals surface area contributed by atoms with Crippen molar-refractivity contribution in [1.82, 2.24) is 9.97 Å². The minimum Gasteiger partial charge on any atom is -0.495 e. The first-order valence-electron chi connectivity index (χ1n) is 7.02. The van der Waals surface area contributed by atoms with Gasteiger partial charge in [-0.1, -0.05) is 12.1 Å². The summed E-state index contributed by atoms with van der Waals surface area (Å²) in [6, 6.07) is 7.89. The Balaban J connectivity index is 1.83. The highest BCUT2D eigenvalue weighted by Crippen LogP contribution is 2.40. The van der Waals surface area contributed by atoms with E-state index in [1.165, 1.54) is 28.7 Å². The smallest absolute Gasteiger partial charge is 0.142 e. The van der Waals surface area contributed by atoms with E-state index in [4.69, 9.17) is 4.74 Å². The molecule has 0 spiro atoms. The molecule has 1 aliphatic rings. The fourth-order valence-corrected chi connectivity index (χ4v) is 4.13. The Morgan fingerprint density at radius 1 is 1.19 bits per heavy atom. The van der Waals surface area contributed by atoms with Crippen LogP contribution in [0.25, 0.3) is 10.2 Å². The maximum absolute atomic E-state index is 5.40. The van der Waals surface area contributed by atoms with E-state index < -0.39 is 0 Å². The number of fused-ring (bicyclic) bond motifs is 3. The summed E-state index contributed by atoms with van der Waals surface area (Å²) in [4.78, 5) is 11.4. The molecule has 0 radical (unpaired) electrons. The highest BCUT2D eigenvalue weighted by atomic mass is 32.1. The van der Waals surface area contributed by atoms with Gasteiger partial charge < -0.3 is 10.1 Å². The van der Waals surface area contributed by atoms with Gasteiger partial charge in [-0.2, -0.15) is 0 Å². The van der Waals surface area contributed by atoms with Gasteiger partial charge >= 0.3 is 0 Å². The second-order valence-electron chi connectivity index (χ2n) is 5.09. The number of nitrogens with zero attached hydrogens (tertiary/aromatic N) is 2. The summed E-state index contributed by atoms with van der Waals surface area (Å²) in [5, 5.41) is 4.59. The standard InChI is InChI=1S/C16H15N3OS/c1-20-12-7-3-2-6-11(12)19-15-14-10-5-4-8-13(10)21-16(14)18-9-17-15/h2-3,6-7,9H,4-5,8H2,1H3,(H,17,18,19). The van der Waals surface area contributed by atoms with Gasteiger partial charge in [0, 0.05) is 4.88 Å². The molecule has 0 saturated heterocycles. The Labute approximate surface area is 126 Å². The van der Waals surface area contributed by atoms with Gasteiger partial charge in [0.15, 0.2) is 0 Å². The number of para-hydroxylation sites is 2. The van der Waals surface area contributed by atoms with Crippen molar-refractivity contribution in [1.29, 1.82) is 0 Å². The van der Waals surface area contributed by atoms with E-state index in [1.807, 2.05) is 24.3 Å². The first-order chi connectivity index (χ1) is 10.4. The minimum atomic E-state index is 0.816. The first-order valence-corrected chi connectivity index (χ1v) is 7.84. The van der Waals surface area contributed by atoms with Crippen molar-refractivity contribution in [3.63, 3.8) is 0 Å². The van der Waals surface area contributed by atoms with Crippen molar-refractivity contribution >= 4 is 33.1 Å². The molecule has 5 heteroatoms. The topological polar surface area (TPSA) is 47.0 Å². The number of aryl methyl sites for hydroxylation is 2. The molecule has 1 N–H and O–H groups in total. The normalized spacial score (nSPS) is 13.4. The maximum atomic E-state index is 5.40. The second-order valence-corrected chi connectivity index (χ2v) is 6.17. The summed E-state index contributed by atoms with van der Waals surface area (Å²) >= 11 is 1.80. The summed E-state index contributed by atoms with van der Waals surface area (Å²) < 4.78 is 5.40. The highest BCUT2D eigenvalue weighted by Gasteiger charge is 2.21. The molecule has 106 valence electrons. The van der Waals surface area contributed by atoms with E-state index in [-0.39, 0.29) is 0 Å². The quantitative estimate of drug-likeness (QED) is 0.795. The lowest BCUT2D eigenvalue weighted by atomic mass is 10.2. The van der Waals surface area contributed by atoms with E-state index >= 15 is 0 Å². The van der Waals surface area contributed by atoms with Crippen molar-refractivity contribution in [3.05, 3.63) is 41.0 Å². The molecule has 1 aliphatic carbocycles. The predicted octanol–water partition coefficient (Wildman–Crippen LogP) is 3.93. The first kappa shape index (κ1) is 12.6. The van der Waals surface area contributed by atoms with Crippen LogP contribution in [0.1, 0.15) is 16.9 Å². The fraction of sp³-hybridized carbons (Fsp3) is 0.250. The molecule has 21 heavy (non-hydrogen) atoms. The van der Waals surface area contributed by atoms with Crippen LogP contribution in [0, 0.1) is 0 Å². The van der Waals surface area contributed by atoms with Crippen LogP contribution in [0.15, 0.2) is 30.6 Å². The van der Waals surface area contributed by atoms with E-state index in [9.17, 15) is 0 Å². The molecule has 4 nitrogen and oxygen atoms in total. The number of ether oxygens (including phenoxy) is 1. The average molecular weight is 297 g/mol. The average Bonchev–Trinajstić information content (AvgIpc) is 3.08. The third-order valence-electron chi connectivity index (χ3n) is 3.86. The zero-order valence-corrected chi connectivity index (χ0v) is 12.5. The van der Waals surface area contributed by atoms with Crippen LogP contribution in [-0.4, -0.2) is 17.1 Å². The minimum absolute atomic E-state index is 0.816. The third-order valence-corrected chi connectivity index (χ3v) is 5.06. The van der Waals surface area contributed by atoms with Crippen molar-refractivity contribution < 1.29 is 4.74 Å². The predicted molar refractivity (Wildman–Crippen MR) is 85.7 cm³/mol. The number of benzene rings is 1. The van der Waals surface area contributed by atoms with Gasteiger partial charge in [0.05, 0.1) is 18.2 Å². The van der Waals surface area contributed by atoms with Crippen molar-refractivity contribution in [2.45, 2.75) is 19.3 Å². The molecular formula is C16H15N3OS. The maximum Gasteiger partial charge on any atom is 0.142 e. The lowest BCUT2D eigenvalue weighted by molar-refractivity contribution is 0.417. The van der Waals surface area contributed by atoms with E-state index in [0.717, 1.165) is 28.5 Å². The van der Waals surface area contributed by atoms with Crippen LogP contribution in [0.5, 0.6) is 5.75 Å². The Morgan fingerprint density at radius 3 is 3.00 bits per heavy atom. The number of rotatable bonds is 3. The van der Waals surface area contributed by atoms with Gasteiger partial charge in [-0.05, 0) is 37.0 Å². The Morgan fingerprint density at radius 2 is 2.10 bits per heavy atom. The third kappa shape index (κ3) is 2.05. The summed E-state index contributed by atoms with van der Waals surface area (Å²) in [7, 11) is 1.68. The molecule has 2 heterocycles. The number of methoxy groups -OCH3 is 1. The molecule has 0 amide bonds. The molecule has 0 bridgehead atoms. The van der Waals surface area contributed by atoms with Crippen LogP contribution in [0.3, 0.4) is 0 Å². The van der Waals surface area contributed by atoms with E-state index in [2.05, 4.69) is 15.3 Å². The molecule has 0 atom stereocenters. The fourth-order valence-electron chi connectivity index (χ4n) is 2.90. The lowest BCUT2D eigenvalue weighted by Gasteiger charge is -2.11. The van der Waals surface area contributed by atoms with Crippen LogP contribution < -0.4 is 10.1 Å². The zero-order valence-electron chi connectivity index (χ0n) is 11.7. The number of nitrogens with one attached hydrogen (secondary N) is 1. The van der Waals surface area contributed by atoms with Gasteiger partial charge in [-0.15, -0.1) is 11.3 Å². The number of hydrogen-bond acceptors (Lipinski definition) is 5. The van der Waals surface area contributed by atoms with Gasteiger partial charge in [0.25, 0.3) is 0 Å². The van der Waals surface area contributed by atoms with E-state index in [0.29, 0.717) is 0 Å². The number of aromatic nitrogens is 2. The largest absolute Gasteiger partial charge is 0.495 e. The molecule has 4 rings (SSSR count). The molecule has 0 unspecified atom stereocenters. The molecule has 3 aromatic rings. The van der Waals surface area contributed by atoms with Gasteiger partial charge in [-0.25, -0.2) is 9.97 Å². The molecule has 2 aromatic heterocycles. The summed E-state index contributed by atoms with van der Waals surface area (Å²) in [5.74, 6) is 1.69.